The Balaban J connectivity index is 1.81. The third kappa shape index (κ3) is 4.59. The largest absolute Gasteiger partial charge is 0.494 e. The molecule has 1 saturated heterocycles. The van der Waals surface area contributed by atoms with Gasteiger partial charge in [0.2, 0.25) is 0 Å². The van der Waals surface area contributed by atoms with Crippen molar-refractivity contribution in [3.63, 3.8) is 0 Å². The molecule has 8 heteroatoms. The van der Waals surface area contributed by atoms with Crippen molar-refractivity contribution in [2.45, 2.75) is 6.10 Å². The standard InChI is InChI=1S/C20H23N3O5/c1-26-16-11-15(23-20(25)18-12-21-8-9-28-18)17(27-2)10-14(16)22-19(24)13-6-4-3-5-7-13/h3-7,10-11,18,21H,8-9,12H2,1-2H3,(H,22,24)(H,23,25). The SMILES string of the molecule is COc1cc(NC(=O)C2CNCCO2)c(OC)cc1NC(=O)c1ccccc1. The molecule has 0 aliphatic carbocycles. The van der Waals surface area contributed by atoms with Crippen molar-refractivity contribution >= 4 is 23.2 Å². The normalized spacial score (nSPS) is 16.1. The molecule has 2 aromatic rings. The molecule has 1 unspecified atom stereocenters. The van der Waals surface area contributed by atoms with Gasteiger partial charge >= 0.3 is 0 Å². The molecular weight excluding hydrogens is 362 g/mol. The number of rotatable bonds is 6. The summed E-state index contributed by atoms with van der Waals surface area (Å²) in [5.41, 5.74) is 1.38. The molecule has 8 nitrogen and oxygen atoms in total. The van der Waals surface area contributed by atoms with Gasteiger partial charge in [-0.2, -0.15) is 0 Å². The van der Waals surface area contributed by atoms with Crippen LogP contribution in [0.1, 0.15) is 10.4 Å². The van der Waals surface area contributed by atoms with Gasteiger partial charge in [0.15, 0.2) is 0 Å². The number of amides is 2. The van der Waals surface area contributed by atoms with Crippen LogP contribution in [0, 0.1) is 0 Å². The van der Waals surface area contributed by atoms with Gasteiger partial charge in [-0.1, -0.05) is 18.2 Å². The van der Waals surface area contributed by atoms with Crippen LogP contribution < -0.4 is 25.4 Å². The lowest BCUT2D eigenvalue weighted by Crippen LogP contribution is -2.45. The molecule has 1 aliphatic rings. The van der Waals surface area contributed by atoms with Gasteiger partial charge in [-0.25, -0.2) is 0 Å². The predicted molar refractivity (Wildman–Crippen MR) is 105 cm³/mol. The summed E-state index contributed by atoms with van der Waals surface area (Å²) >= 11 is 0. The first-order valence-corrected chi connectivity index (χ1v) is 8.88. The molecule has 0 saturated carbocycles. The molecule has 1 heterocycles. The van der Waals surface area contributed by atoms with Crippen molar-refractivity contribution in [3.8, 4) is 11.5 Å². The fourth-order valence-electron chi connectivity index (χ4n) is 2.82. The molecule has 3 N–H and O–H groups in total. The van der Waals surface area contributed by atoms with E-state index >= 15 is 0 Å². The van der Waals surface area contributed by atoms with Crippen LogP contribution in [0.3, 0.4) is 0 Å². The van der Waals surface area contributed by atoms with E-state index in [4.69, 9.17) is 14.2 Å². The summed E-state index contributed by atoms with van der Waals surface area (Å²) in [5, 5.41) is 8.71. The number of benzene rings is 2. The highest BCUT2D eigenvalue weighted by Gasteiger charge is 2.23. The Kier molecular flexibility index (Phi) is 6.46. The Morgan fingerprint density at radius 2 is 1.68 bits per heavy atom. The van der Waals surface area contributed by atoms with Gasteiger partial charge in [-0.15, -0.1) is 0 Å². The van der Waals surface area contributed by atoms with Gasteiger partial charge in [-0.05, 0) is 12.1 Å². The van der Waals surface area contributed by atoms with Crippen molar-refractivity contribution in [2.75, 3.05) is 44.5 Å². The van der Waals surface area contributed by atoms with Gasteiger partial charge in [-0.3, -0.25) is 9.59 Å². The molecule has 1 atom stereocenters. The third-order valence-electron chi connectivity index (χ3n) is 4.28. The number of hydrogen-bond acceptors (Lipinski definition) is 6. The highest BCUT2D eigenvalue weighted by molar-refractivity contribution is 6.05. The molecule has 0 bridgehead atoms. The van der Waals surface area contributed by atoms with E-state index in [1.165, 1.54) is 14.2 Å². The summed E-state index contributed by atoms with van der Waals surface area (Å²) < 4.78 is 16.2. The van der Waals surface area contributed by atoms with E-state index in [-0.39, 0.29) is 11.8 Å². The summed E-state index contributed by atoms with van der Waals surface area (Å²) in [7, 11) is 2.97. The van der Waals surface area contributed by atoms with Gasteiger partial charge in [0.05, 0.1) is 32.2 Å². The van der Waals surface area contributed by atoms with Crippen molar-refractivity contribution in [2.24, 2.45) is 0 Å². The fraction of sp³-hybridized carbons (Fsp3) is 0.300. The highest BCUT2D eigenvalue weighted by atomic mass is 16.5. The zero-order valence-corrected chi connectivity index (χ0v) is 15.8. The lowest BCUT2D eigenvalue weighted by molar-refractivity contribution is -0.128. The molecule has 2 amide bonds. The number of morpholine rings is 1. The van der Waals surface area contributed by atoms with Crippen molar-refractivity contribution in [1.29, 1.82) is 0 Å². The molecule has 1 fully saturated rings. The number of carbonyl (C=O) groups excluding carboxylic acids is 2. The molecule has 0 spiro atoms. The van der Waals surface area contributed by atoms with Gasteiger partial charge in [0, 0.05) is 30.8 Å². The maximum Gasteiger partial charge on any atom is 0.255 e. The second-order valence-corrected chi connectivity index (χ2v) is 6.13. The molecule has 0 aromatic heterocycles. The quantitative estimate of drug-likeness (QED) is 0.703. The number of hydrogen-bond donors (Lipinski definition) is 3. The average Bonchev–Trinajstić information content (AvgIpc) is 2.75. The lowest BCUT2D eigenvalue weighted by Gasteiger charge is -2.23. The number of methoxy groups -OCH3 is 2. The first-order chi connectivity index (χ1) is 13.6. The van der Waals surface area contributed by atoms with Crippen LogP contribution in [0.4, 0.5) is 11.4 Å². The summed E-state index contributed by atoms with van der Waals surface area (Å²) in [4.78, 5) is 24.9. The molecule has 3 rings (SSSR count). The van der Waals surface area contributed by atoms with E-state index in [1.807, 2.05) is 6.07 Å². The second-order valence-electron chi connectivity index (χ2n) is 6.13. The van der Waals surface area contributed by atoms with Crippen molar-refractivity contribution in [1.82, 2.24) is 5.32 Å². The van der Waals surface area contributed by atoms with Crippen molar-refractivity contribution in [3.05, 3.63) is 48.0 Å². The minimum atomic E-state index is -0.582. The summed E-state index contributed by atoms with van der Waals surface area (Å²) in [6.07, 6.45) is -0.582. The lowest BCUT2D eigenvalue weighted by atomic mass is 10.2. The summed E-state index contributed by atoms with van der Waals surface area (Å²) in [5.74, 6) is 0.220. The summed E-state index contributed by atoms with van der Waals surface area (Å²) in [6.45, 7) is 1.64. The number of ether oxygens (including phenoxy) is 3. The van der Waals surface area contributed by atoms with Crippen LogP contribution in [0.25, 0.3) is 0 Å². The minimum absolute atomic E-state index is 0.278. The zero-order valence-electron chi connectivity index (χ0n) is 15.8. The Morgan fingerprint density at radius 1 is 1.04 bits per heavy atom. The van der Waals surface area contributed by atoms with Crippen LogP contribution in [-0.2, 0) is 9.53 Å². The van der Waals surface area contributed by atoms with E-state index in [2.05, 4.69) is 16.0 Å². The Hall–Kier alpha value is -3.10. The van der Waals surface area contributed by atoms with Crippen LogP contribution in [0.2, 0.25) is 0 Å². The van der Waals surface area contributed by atoms with Crippen LogP contribution in [0.5, 0.6) is 11.5 Å². The first-order valence-electron chi connectivity index (χ1n) is 8.88. The second kappa shape index (κ2) is 9.20. The number of nitrogens with one attached hydrogen (secondary N) is 3. The minimum Gasteiger partial charge on any atom is -0.494 e. The summed E-state index contributed by atoms with van der Waals surface area (Å²) in [6, 6.07) is 12.0. The number of anilines is 2. The van der Waals surface area contributed by atoms with E-state index < -0.39 is 6.10 Å². The van der Waals surface area contributed by atoms with Gasteiger partial charge in [0.25, 0.3) is 11.8 Å². The molecule has 1 aliphatic heterocycles. The molecule has 148 valence electrons. The van der Waals surface area contributed by atoms with Gasteiger partial charge < -0.3 is 30.2 Å². The average molecular weight is 385 g/mol. The first kappa shape index (κ1) is 19.7. The highest BCUT2D eigenvalue weighted by Crippen LogP contribution is 2.36. The Morgan fingerprint density at radius 3 is 2.25 bits per heavy atom. The van der Waals surface area contributed by atoms with Crippen molar-refractivity contribution < 1.29 is 23.8 Å². The molecular formula is C20H23N3O5. The maximum absolute atomic E-state index is 12.5. The Bertz CT molecular complexity index is 835. The van der Waals surface area contributed by atoms with Crippen LogP contribution in [0.15, 0.2) is 42.5 Å². The Labute approximate surface area is 163 Å². The van der Waals surface area contributed by atoms with E-state index in [0.717, 1.165) is 6.54 Å². The van der Waals surface area contributed by atoms with E-state index in [9.17, 15) is 9.59 Å². The van der Waals surface area contributed by atoms with Crippen LogP contribution >= 0.6 is 0 Å². The predicted octanol–water partition coefficient (Wildman–Crippen LogP) is 1.88. The molecule has 28 heavy (non-hydrogen) atoms. The smallest absolute Gasteiger partial charge is 0.255 e. The van der Waals surface area contributed by atoms with E-state index in [1.54, 1.807) is 36.4 Å². The third-order valence-corrected chi connectivity index (χ3v) is 4.28. The zero-order chi connectivity index (χ0) is 19.9. The molecule has 0 radical (unpaired) electrons. The monoisotopic (exact) mass is 385 g/mol. The van der Waals surface area contributed by atoms with E-state index in [0.29, 0.717) is 41.6 Å². The van der Waals surface area contributed by atoms with Gasteiger partial charge in [0.1, 0.15) is 17.6 Å². The fourth-order valence-corrected chi connectivity index (χ4v) is 2.82. The maximum atomic E-state index is 12.5. The van der Waals surface area contributed by atoms with Crippen LogP contribution in [-0.4, -0.2) is 51.8 Å². The molecule has 2 aromatic carbocycles. The topological polar surface area (TPSA) is 97.9 Å². The number of carbonyl (C=O) groups is 2.